The van der Waals surface area contributed by atoms with Gasteiger partial charge in [-0.05, 0) is 37.6 Å². The molecule has 0 radical (unpaired) electrons. The lowest BCUT2D eigenvalue weighted by Crippen LogP contribution is -2.24. The summed E-state index contributed by atoms with van der Waals surface area (Å²) in [5.41, 5.74) is 0. The fourth-order valence-electron chi connectivity index (χ4n) is 1.93. The van der Waals surface area contributed by atoms with Crippen molar-refractivity contribution in [3.63, 3.8) is 0 Å². The van der Waals surface area contributed by atoms with Gasteiger partial charge in [0.1, 0.15) is 17.3 Å². The second-order valence-electron chi connectivity index (χ2n) is 4.68. The molecule has 94 valence electrons. The highest BCUT2D eigenvalue weighted by Crippen LogP contribution is 2.18. The van der Waals surface area contributed by atoms with Crippen molar-refractivity contribution >= 4 is 10.9 Å². The standard InChI is InChI=1S/C14H28NS/c1-5-8-9-14(6-2)12-16(7-3)11-13(4)10-15/h13-14H,5-9,11-12H2,1-4H3/q+1. The summed E-state index contributed by atoms with van der Waals surface area (Å²) in [4.78, 5) is 0. The van der Waals surface area contributed by atoms with E-state index in [1.54, 1.807) is 0 Å². The van der Waals surface area contributed by atoms with E-state index in [4.69, 9.17) is 5.26 Å². The van der Waals surface area contributed by atoms with Crippen LogP contribution in [0.3, 0.4) is 0 Å². The average Bonchev–Trinajstić information content (AvgIpc) is 2.32. The van der Waals surface area contributed by atoms with Gasteiger partial charge in [-0.15, -0.1) is 0 Å². The maximum absolute atomic E-state index is 8.87. The summed E-state index contributed by atoms with van der Waals surface area (Å²) in [6.45, 7) is 8.91. The molecular weight excluding hydrogens is 214 g/mol. The third-order valence-corrected chi connectivity index (χ3v) is 5.86. The van der Waals surface area contributed by atoms with Crippen molar-refractivity contribution in [3.05, 3.63) is 0 Å². The van der Waals surface area contributed by atoms with Crippen molar-refractivity contribution in [1.82, 2.24) is 0 Å². The third kappa shape index (κ3) is 7.17. The first-order chi connectivity index (χ1) is 7.67. The molecular formula is C14H28NS+. The fourth-order valence-corrected chi connectivity index (χ4v) is 4.38. The van der Waals surface area contributed by atoms with Crippen molar-refractivity contribution in [3.8, 4) is 6.07 Å². The number of unbranched alkanes of at least 4 members (excludes halogenated alkanes) is 1. The van der Waals surface area contributed by atoms with Crippen LogP contribution in [0.15, 0.2) is 0 Å². The molecule has 0 fully saturated rings. The first-order valence-corrected chi connectivity index (χ1v) is 8.44. The molecule has 0 saturated carbocycles. The summed E-state index contributed by atoms with van der Waals surface area (Å²) in [6, 6.07) is 2.37. The van der Waals surface area contributed by atoms with Gasteiger partial charge in [0.2, 0.25) is 0 Å². The summed E-state index contributed by atoms with van der Waals surface area (Å²) in [5, 5.41) is 8.87. The molecule has 0 saturated heterocycles. The van der Waals surface area contributed by atoms with E-state index in [0.717, 1.165) is 11.7 Å². The normalized spacial score (nSPS) is 16.4. The van der Waals surface area contributed by atoms with Crippen LogP contribution in [0.4, 0.5) is 0 Å². The van der Waals surface area contributed by atoms with Gasteiger partial charge >= 0.3 is 0 Å². The Bertz CT molecular complexity index is 197. The monoisotopic (exact) mass is 242 g/mol. The van der Waals surface area contributed by atoms with Crippen LogP contribution in [-0.2, 0) is 10.9 Å². The van der Waals surface area contributed by atoms with Gasteiger partial charge < -0.3 is 0 Å². The minimum Gasteiger partial charge on any atom is -0.198 e. The zero-order valence-corrected chi connectivity index (χ0v) is 12.3. The molecule has 0 aromatic carbocycles. The molecule has 0 N–H and O–H groups in total. The van der Waals surface area contributed by atoms with E-state index >= 15 is 0 Å². The molecule has 0 aromatic rings. The highest BCUT2D eigenvalue weighted by atomic mass is 32.2. The lowest BCUT2D eigenvalue weighted by molar-refractivity contribution is 0.497. The van der Waals surface area contributed by atoms with Crippen LogP contribution < -0.4 is 0 Å². The van der Waals surface area contributed by atoms with Gasteiger partial charge in [-0.25, -0.2) is 0 Å². The van der Waals surface area contributed by atoms with Crippen molar-refractivity contribution < 1.29 is 0 Å². The second kappa shape index (κ2) is 10.0. The van der Waals surface area contributed by atoms with Gasteiger partial charge in [0.05, 0.1) is 12.0 Å². The van der Waals surface area contributed by atoms with Gasteiger partial charge in [-0.3, -0.25) is 0 Å². The predicted octanol–water partition coefficient (Wildman–Crippen LogP) is 4.00. The lowest BCUT2D eigenvalue weighted by Gasteiger charge is -2.15. The second-order valence-corrected chi connectivity index (χ2v) is 7.15. The summed E-state index contributed by atoms with van der Waals surface area (Å²) in [6.07, 6.45) is 5.38. The molecule has 0 aliphatic rings. The maximum Gasteiger partial charge on any atom is 0.123 e. The van der Waals surface area contributed by atoms with Gasteiger partial charge in [0, 0.05) is 5.92 Å². The summed E-state index contributed by atoms with van der Waals surface area (Å²) >= 11 is 0. The maximum atomic E-state index is 8.87. The molecule has 3 unspecified atom stereocenters. The molecule has 3 atom stereocenters. The summed E-state index contributed by atoms with van der Waals surface area (Å²) in [7, 11) is 0.483. The van der Waals surface area contributed by atoms with Crippen LogP contribution in [0.1, 0.15) is 53.4 Å². The van der Waals surface area contributed by atoms with E-state index in [1.165, 1.54) is 37.2 Å². The molecule has 16 heavy (non-hydrogen) atoms. The molecule has 0 rings (SSSR count). The Balaban J connectivity index is 4.01. The largest absolute Gasteiger partial charge is 0.198 e. The van der Waals surface area contributed by atoms with Crippen LogP contribution in [0, 0.1) is 23.2 Å². The van der Waals surface area contributed by atoms with E-state index in [1.807, 2.05) is 0 Å². The molecule has 0 bridgehead atoms. The molecule has 1 nitrogen and oxygen atoms in total. The zero-order chi connectivity index (χ0) is 12.4. The minimum absolute atomic E-state index is 0.243. The molecule has 2 heteroatoms. The zero-order valence-electron chi connectivity index (χ0n) is 11.5. The van der Waals surface area contributed by atoms with Gasteiger partial charge in [-0.1, -0.05) is 26.7 Å². The Morgan fingerprint density at radius 3 is 2.31 bits per heavy atom. The quantitative estimate of drug-likeness (QED) is 0.561. The predicted molar refractivity (Wildman–Crippen MR) is 75.7 cm³/mol. The van der Waals surface area contributed by atoms with Crippen LogP contribution in [0.5, 0.6) is 0 Å². The Morgan fingerprint density at radius 2 is 1.88 bits per heavy atom. The van der Waals surface area contributed by atoms with Gasteiger partial charge in [-0.2, -0.15) is 5.26 Å². The van der Waals surface area contributed by atoms with Crippen molar-refractivity contribution in [2.75, 3.05) is 17.3 Å². The number of rotatable bonds is 9. The molecule has 0 aromatic heterocycles. The van der Waals surface area contributed by atoms with Crippen molar-refractivity contribution in [2.45, 2.75) is 53.4 Å². The summed E-state index contributed by atoms with van der Waals surface area (Å²) in [5.74, 6) is 4.88. The van der Waals surface area contributed by atoms with Crippen molar-refractivity contribution in [2.24, 2.45) is 11.8 Å². The Kier molecular flexibility index (Phi) is 9.92. The number of hydrogen-bond acceptors (Lipinski definition) is 1. The topological polar surface area (TPSA) is 23.8 Å². The third-order valence-electron chi connectivity index (χ3n) is 3.13. The molecule has 0 aliphatic carbocycles. The molecule has 0 spiro atoms. The SMILES string of the molecule is CCCCC(CC)C[S+](CC)CC(C)C#N. The van der Waals surface area contributed by atoms with E-state index in [2.05, 4.69) is 33.8 Å². The minimum atomic E-state index is 0.243. The van der Waals surface area contributed by atoms with Crippen LogP contribution in [0.2, 0.25) is 0 Å². The molecule has 0 amide bonds. The summed E-state index contributed by atoms with van der Waals surface area (Å²) < 4.78 is 0. The first kappa shape index (κ1) is 15.8. The fraction of sp³-hybridized carbons (Fsp3) is 0.929. The first-order valence-electron chi connectivity index (χ1n) is 6.71. The van der Waals surface area contributed by atoms with Crippen LogP contribution in [0.25, 0.3) is 0 Å². The van der Waals surface area contributed by atoms with Gasteiger partial charge in [0.25, 0.3) is 0 Å². The van der Waals surface area contributed by atoms with E-state index < -0.39 is 0 Å². The van der Waals surface area contributed by atoms with E-state index in [9.17, 15) is 0 Å². The van der Waals surface area contributed by atoms with Gasteiger partial charge in [0.15, 0.2) is 0 Å². The number of hydrogen-bond donors (Lipinski definition) is 0. The lowest BCUT2D eigenvalue weighted by atomic mass is 10.0. The van der Waals surface area contributed by atoms with Crippen LogP contribution >= 0.6 is 0 Å². The van der Waals surface area contributed by atoms with Crippen LogP contribution in [-0.4, -0.2) is 17.3 Å². The molecule has 0 aliphatic heterocycles. The van der Waals surface area contributed by atoms with E-state index in [-0.39, 0.29) is 5.92 Å². The number of nitrogens with zero attached hydrogens (tertiary/aromatic N) is 1. The average molecular weight is 242 g/mol. The Hall–Kier alpha value is -0.160. The Labute approximate surface area is 105 Å². The van der Waals surface area contributed by atoms with Crippen molar-refractivity contribution in [1.29, 1.82) is 5.26 Å². The molecule has 0 heterocycles. The number of nitriles is 1. The van der Waals surface area contributed by atoms with E-state index in [0.29, 0.717) is 10.9 Å². The Morgan fingerprint density at radius 1 is 1.19 bits per heavy atom. The highest BCUT2D eigenvalue weighted by Gasteiger charge is 2.23. The highest BCUT2D eigenvalue weighted by molar-refractivity contribution is 7.96. The smallest absolute Gasteiger partial charge is 0.123 e.